The molecule has 0 heterocycles. The predicted octanol–water partition coefficient (Wildman–Crippen LogP) is 2.78. The first-order chi connectivity index (χ1) is 5.63. The minimum absolute atomic E-state index is 0.0127. The Labute approximate surface area is 80.2 Å². The summed E-state index contributed by atoms with van der Waals surface area (Å²) in [4.78, 5) is 0. The van der Waals surface area contributed by atoms with Gasteiger partial charge in [0.1, 0.15) is 0 Å². The first kappa shape index (κ1) is 9.75. The lowest BCUT2D eigenvalue weighted by molar-refractivity contribution is 0.680. The largest absolute Gasteiger partial charge is 0.259 e. The standard InChI is InChI=1S/C9H11ClOS/c1-7(12(2)11)8-5-3-4-6-9(8)10/h3-7H,1-2H3. The highest BCUT2D eigenvalue weighted by molar-refractivity contribution is 7.84. The summed E-state index contributed by atoms with van der Waals surface area (Å²) in [6, 6.07) is 7.51. The van der Waals surface area contributed by atoms with Crippen molar-refractivity contribution in [3.8, 4) is 0 Å². The number of hydrogen-bond acceptors (Lipinski definition) is 1. The SMILES string of the molecule is CC(c1ccccc1Cl)S(C)=O. The summed E-state index contributed by atoms with van der Waals surface area (Å²) < 4.78 is 11.1. The van der Waals surface area contributed by atoms with Gasteiger partial charge in [-0.2, -0.15) is 0 Å². The van der Waals surface area contributed by atoms with Crippen LogP contribution in [0.5, 0.6) is 0 Å². The van der Waals surface area contributed by atoms with Crippen LogP contribution in [0, 0.1) is 0 Å². The lowest BCUT2D eigenvalue weighted by atomic mass is 10.2. The molecule has 1 aromatic carbocycles. The van der Waals surface area contributed by atoms with E-state index >= 15 is 0 Å². The molecule has 0 spiro atoms. The molecule has 2 unspecified atom stereocenters. The Morgan fingerprint density at radius 2 is 2.00 bits per heavy atom. The molecule has 1 rings (SSSR count). The molecule has 0 fully saturated rings. The van der Waals surface area contributed by atoms with Gasteiger partial charge in [-0.15, -0.1) is 0 Å². The molecule has 66 valence electrons. The molecule has 0 saturated heterocycles. The van der Waals surface area contributed by atoms with Gasteiger partial charge in [0.05, 0.1) is 5.25 Å². The Morgan fingerprint density at radius 1 is 1.42 bits per heavy atom. The van der Waals surface area contributed by atoms with Gasteiger partial charge in [0.25, 0.3) is 0 Å². The molecule has 12 heavy (non-hydrogen) atoms. The smallest absolute Gasteiger partial charge is 0.0580 e. The van der Waals surface area contributed by atoms with Gasteiger partial charge in [0.2, 0.25) is 0 Å². The molecule has 0 aliphatic carbocycles. The summed E-state index contributed by atoms with van der Waals surface area (Å²) in [7, 11) is -0.856. The van der Waals surface area contributed by atoms with E-state index < -0.39 is 10.8 Å². The van der Waals surface area contributed by atoms with E-state index in [-0.39, 0.29) is 5.25 Å². The van der Waals surface area contributed by atoms with Gasteiger partial charge in [-0.3, -0.25) is 4.21 Å². The third-order valence-electron chi connectivity index (χ3n) is 1.84. The number of rotatable bonds is 2. The van der Waals surface area contributed by atoms with Crippen LogP contribution < -0.4 is 0 Å². The molecule has 0 saturated carbocycles. The van der Waals surface area contributed by atoms with E-state index in [2.05, 4.69) is 0 Å². The average Bonchev–Trinajstić information content (AvgIpc) is 2.04. The van der Waals surface area contributed by atoms with Gasteiger partial charge >= 0.3 is 0 Å². The first-order valence-corrected chi connectivity index (χ1v) is 5.69. The van der Waals surface area contributed by atoms with Crippen molar-refractivity contribution in [2.75, 3.05) is 6.26 Å². The van der Waals surface area contributed by atoms with Crippen LogP contribution in [0.4, 0.5) is 0 Å². The Balaban J connectivity index is 3.02. The van der Waals surface area contributed by atoms with Crippen molar-refractivity contribution in [3.63, 3.8) is 0 Å². The topological polar surface area (TPSA) is 17.1 Å². The molecule has 0 radical (unpaired) electrons. The van der Waals surface area contributed by atoms with E-state index in [4.69, 9.17) is 11.6 Å². The van der Waals surface area contributed by atoms with Crippen LogP contribution in [0.25, 0.3) is 0 Å². The predicted molar refractivity (Wildman–Crippen MR) is 53.9 cm³/mol. The second-order valence-corrected chi connectivity index (χ2v) is 4.77. The van der Waals surface area contributed by atoms with Gasteiger partial charge in [0, 0.05) is 22.1 Å². The van der Waals surface area contributed by atoms with Crippen LogP contribution in [0.2, 0.25) is 5.02 Å². The van der Waals surface area contributed by atoms with Crippen molar-refractivity contribution >= 4 is 22.4 Å². The molecule has 0 bridgehead atoms. The fraction of sp³-hybridized carbons (Fsp3) is 0.333. The van der Waals surface area contributed by atoms with E-state index in [1.165, 1.54) is 0 Å². The van der Waals surface area contributed by atoms with Crippen LogP contribution in [-0.4, -0.2) is 10.5 Å². The second kappa shape index (κ2) is 4.06. The van der Waals surface area contributed by atoms with Gasteiger partial charge in [-0.1, -0.05) is 29.8 Å². The normalized spacial score (nSPS) is 15.6. The summed E-state index contributed by atoms with van der Waals surface area (Å²) >= 11 is 5.93. The third kappa shape index (κ3) is 2.08. The summed E-state index contributed by atoms with van der Waals surface area (Å²) in [5, 5.41) is 0.707. The van der Waals surface area contributed by atoms with Crippen LogP contribution >= 0.6 is 11.6 Å². The van der Waals surface area contributed by atoms with Crippen molar-refractivity contribution < 1.29 is 4.21 Å². The third-order valence-corrected chi connectivity index (χ3v) is 3.44. The summed E-state index contributed by atoms with van der Waals surface area (Å²) in [6.07, 6.45) is 1.69. The zero-order chi connectivity index (χ0) is 9.14. The summed E-state index contributed by atoms with van der Waals surface area (Å²) in [5.74, 6) is 0. The van der Waals surface area contributed by atoms with Crippen LogP contribution in [0.1, 0.15) is 17.7 Å². The highest BCUT2D eigenvalue weighted by Crippen LogP contribution is 2.25. The maximum absolute atomic E-state index is 11.1. The molecular formula is C9H11ClOS. The molecule has 2 atom stereocenters. The number of hydrogen-bond donors (Lipinski definition) is 0. The summed E-state index contributed by atoms with van der Waals surface area (Å²) in [5.41, 5.74) is 0.958. The lowest BCUT2D eigenvalue weighted by Crippen LogP contribution is -2.00. The minimum atomic E-state index is -0.856. The fourth-order valence-electron chi connectivity index (χ4n) is 0.984. The molecule has 0 aliphatic heterocycles. The molecule has 1 nitrogen and oxygen atoms in total. The Hall–Kier alpha value is -0.340. The molecule has 0 aromatic heterocycles. The van der Waals surface area contributed by atoms with Gasteiger partial charge in [-0.05, 0) is 18.6 Å². The van der Waals surface area contributed by atoms with Crippen molar-refractivity contribution in [3.05, 3.63) is 34.9 Å². The Morgan fingerprint density at radius 3 is 2.50 bits per heavy atom. The van der Waals surface area contributed by atoms with E-state index in [1.54, 1.807) is 6.26 Å². The molecule has 0 aliphatic rings. The lowest BCUT2D eigenvalue weighted by Gasteiger charge is -2.09. The minimum Gasteiger partial charge on any atom is -0.259 e. The van der Waals surface area contributed by atoms with E-state index in [0.717, 1.165) is 5.56 Å². The highest BCUT2D eigenvalue weighted by Gasteiger charge is 2.11. The maximum Gasteiger partial charge on any atom is 0.0580 e. The van der Waals surface area contributed by atoms with Crippen molar-refractivity contribution in [2.24, 2.45) is 0 Å². The van der Waals surface area contributed by atoms with Crippen molar-refractivity contribution in [1.29, 1.82) is 0 Å². The van der Waals surface area contributed by atoms with Crippen molar-refractivity contribution in [2.45, 2.75) is 12.2 Å². The van der Waals surface area contributed by atoms with Gasteiger partial charge in [-0.25, -0.2) is 0 Å². The number of benzene rings is 1. The molecule has 3 heteroatoms. The Bertz CT molecular complexity index is 298. The average molecular weight is 203 g/mol. The fourth-order valence-corrected chi connectivity index (χ4v) is 1.91. The second-order valence-electron chi connectivity index (χ2n) is 2.66. The van der Waals surface area contributed by atoms with Crippen molar-refractivity contribution in [1.82, 2.24) is 0 Å². The Kier molecular flexibility index (Phi) is 3.29. The van der Waals surface area contributed by atoms with Crippen LogP contribution in [0.15, 0.2) is 24.3 Å². The molecular weight excluding hydrogens is 192 g/mol. The van der Waals surface area contributed by atoms with Crippen LogP contribution in [-0.2, 0) is 10.8 Å². The zero-order valence-electron chi connectivity index (χ0n) is 7.08. The van der Waals surface area contributed by atoms with E-state index in [0.29, 0.717) is 5.02 Å². The summed E-state index contributed by atoms with van der Waals surface area (Å²) in [6.45, 7) is 1.91. The first-order valence-electron chi connectivity index (χ1n) is 3.69. The molecule has 1 aromatic rings. The number of halogens is 1. The quantitative estimate of drug-likeness (QED) is 0.721. The van der Waals surface area contributed by atoms with E-state index in [1.807, 2.05) is 31.2 Å². The molecule has 0 amide bonds. The van der Waals surface area contributed by atoms with Gasteiger partial charge in [0.15, 0.2) is 0 Å². The highest BCUT2D eigenvalue weighted by atomic mass is 35.5. The molecule has 0 N–H and O–H groups in total. The zero-order valence-corrected chi connectivity index (χ0v) is 8.65. The van der Waals surface area contributed by atoms with E-state index in [9.17, 15) is 4.21 Å². The van der Waals surface area contributed by atoms with Gasteiger partial charge < -0.3 is 0 Å². The monoisotopic (exact) mass is 202 g/mol. The maximum atomic E-state index is 11.1. The van der Waals surface area contributed by atoms with Crippen LogP contribution in [0.3, 0.4) is 0 Å².